The number of aliphatic hydroxyl groups is 1. The van der Waals surface area contributed by atoms with Crippen LogP contribution in [-0.2, 0) is 27.2 Å². The second-order valence-electron chi connectivity index (χ2n) is 7.57. The highest BCUT2D eigenvalue weighted by Gasteiger charge is 2.18. The topological polar surface area (TPSA) is 87.0 Å². The summed E-state index contributed by atoms with van der Waals surface area (Å²) in [5.41, 5.74) is 1.87. The fraction of sp³-hybridized carbons (Fsp3) is 0.227. The summed E-state index contributed by atoms with van der Waals surface area (Å²) in [4.78, 5) is 29.0. The van der Waals surface area contributed by atoms with E-state index in [9.17, 15) is 14.7 Å². The molecule has 1 N–H and O–H groups in total. The Morgan fingerprint density at radius 1 is 0.900 bits per heavy atom. The Balaban J connectivity index is 1.56. The number of fused-ring (bicyclic) bond motifs is 4. The Bertz CT molecular complexity index is 1480. The zero-order chi connectivity index (χ0) is 21.0. The second-order valence-corrected chi connectivity index (χ2v) is 7.57. The van der Waals surface area contributed by atoms with Crippen LogP contribution in [-0.4, -0.2) is 34.5 Å². The molecule has 0 radical (unpaired) electrons. The van der Waals surface area contributed by atoms with Gasteiger partial charge in [-0.15, -0.1) is 0 Å². The van der Waals surface area contributed by atoms with Crippen LogP contribution in [0, 0.1) is 0 Å². The zero-order valence-corrected chi connectivity index (χ0v) is 16.7. The monoisotopic (exact) mass is 403 g/mol. The third-order valence-corrected chi connectivity index (χ3v) is 5.70. The van der Waals surface area contributed by atoms with Crippen LogP contribution in [0.25, 0.3) is 33.0 Å². The van der Waals surface area contributed by atoms with Gasteiger partial charge in [0, 0.05) is 35.9 Å². The summed E-state index contributed by atoms with van der Waals surface area (Å²) in [6.45, 7) is 0.546. The van der Waals surface area contributed by atoms with Crippen molar-refractivity contribution in [2.75, 3.05) is 0 Å². The normalized spacial score (nSPS) is 12.9. The molecule has 0 aliphatic carbocycles. The molecule has 152 valence electrons. The molecule has 0 saturated carbocycles. The van der Waals surface area contributed by atoms with E-state index in [4.69, 9.17) is 0 Å². The molecule has 0 bridgehead atoms. The van der Waals surface area contributed by atoms with Gasteiger partial charge in [0.25, 0.3) is 5.56 Å². The number of nitrogens with zero attached hydrogens (tertiary/aromatic N) is 5. The van der Waals surface area contributed by atoms with Crippen LogP contribution in [0.4, 0.5) is 0 Å². The maximum absolute atomic E-state index is 12.6. The van der Waals surface area contributed by atoms with Crippen LogP contribution in [0.5, 0.6) is 0 Å². The van der Waals surface area contributed by atoms with Crippen molar-refractivity contribution in [3.8, 4) is 0 Å². The van der Waals surface area contributed by atoms with Gasteiger partial charge in [-0.05, 0) is 12.1 Å². The van der Waals surface area contributed by atoms with E-state index in [0.29, 0.717) is 17.7 Å². The average Bonchev–Trinajstić information content (AvgIpc) is 3.31. The number of hydrogen-bond acceptors (Lipinski definition) is 4. The van der Waals surface area contributed by atoms with Gasteiger partial charge in [-0.3, -0.25) is 13.9 Å². The summed E-state index contributed by atoms with van der Waals surface area (Å²) in [6.07, 6.45) is 0.740. The van der Waals surface area contributed by atoms with Crippen LogP contribution in [0.15, 0.2) is 64.4 Å². The van der Waals surface area contributed by atoms with Crippen LogP contribution in [0.1, 0.15) is 0 Å². The maximum atomic E-state index is 12.6. The van der Waals surface area contributed by atoms with E-state index >= 15 is 0 Å². The Morgan fingerprint density at radius 3 is 2.13 bits per heavy atom. The van der Waals surface area contributed by atoms with E-state index in [0.717, 1.165) is 26.4 Å². The number of aryl methyl sites for hydroxylation is 1. The van der Waals surface area contributed by atoms with Gasteiger partial charge in [0.2, 0.25) is 0 Å². The fourth-order valence-corrected chi connectivity index (χ4v) is 4.23. The van der Waals surface area contributed by atoms with Crippen molar-refractivity contribution in [1.29, 1.82) is 0 Å². The Hall–Kier alpha value is -3.65. The fourth-order valence-electron chi connectivity index (χ4n) is 4.23. The molecule has 0 spiro atoms. The number of hydrogen-bond donors (Lipinski definition) is 1. The van der Waals surface area contributed by atoms with Crippen molar-refractivity contribution in [2.24, 2.45) is 14.1 Å². The summed E-state index contributed by atoms with van der Waals surface area (Å²) >= 11 is 0. The van der Waals surface area contributed by atoms with E-state index in [2.05, 4.69) is 21.7 Å². The average molecular weight is 403 g/mol. The van der Waals surface area contributed by atoms with Crippen LogP contribution in [0.2, 0.25) is 0 Å². The van der Waals surface area contributed by atoms with Crippen molar-refractivity contribution in [3.05, 3.63) is 75.7 Å². The molecule has 0 fully saturated rings. The van der Waals surface area contributed by atoms with Crippen LogP contribution >= 0.6 is 0 Å². The van der Waals surface area contributed by atoms with E-state index in [-0.39, 0.29) is 6.54 Å². The molecule has 30 heavy (non-hydrogen) atoms. The molecule has 3 aromatic heterocycles. The second kappa shape index (κ2) is 6.70. The Labute approximate surface area is 170 Å². The largest absolute Gasteiger partial charge is 0.389 e. The number of aromatic nitrogens is 5. The lowest BCUT2D eigenvalue weighted by atomic mass is 10.2. The highest BCUT2D eigenvalue weighted by atomic mass is 16.3. The first-order valence-corrected chi connectivity index (χ1v) is 9.72. The zero-order valence-electron chi connectivity index (χ0n) is 16.7. The third kappa shape index (κ3) is 2.61. The van der Waals surface area contributed by atoms with Crippen molar-refractivity contribution in [1.82, 2.24) is 23.3 Å². The predicted octanol–water partition coefficient (Wildman–Crippen LogP) is 1.60. The van der Waals surface area contributed by atoms with Gasteiger partial charge in [0.1, 0.15) is 0 Å². The van der Waals surface area contributed by atoms with E-state index in [1.54, 1.807) is 11.6 Å². The molecule has 8 heteroatoms. The minimum absolute atomic E-state index is 0.185. The van der Waals surface area contributed by atoms with Gasteiger partial charge >= 0.3 is 5.69 Å². The number of aliphatic hydroxyl groups excluding tert-OH is 1. The first-order valence-electron chi connectivity index (χ1n) is 9.72. The van der Waals surface area contributed by atoms with Crippen molar-refractivity contribution in [3.63, 3.8) is 0 Å². The number of rotatable bonds is 4. The van der Waals surface area contributed by atoms with Gasteiger partial charge in [0.15, 0.2) is 11.2 Å². The lowest BCUT2D eigenvalue weighted by Gasteiger charge is -2.15. The first-order chi connectivity index (χ1) is 14.5. The van der Waals surface area contributed by atoms with Crippen molar-refractivity contribution in [2.45, 2.75) is 19.2 Å². The molecule has 2 aromatic carbocycles. The maximum Gasteiger partial charge on any atom is 0.332 e. The number of imidazole rings is 1. The summed E-state index contributed by atoms with van der Waals surface area (Å²) in [5, 5.41) is 13.2. The molecule has 3 heterocycles. The molecule has 5 aromatic rings. The first kappa shape index (κ1) is 18.4. The number of para-hydroxylation sites is 2. The summed E-state index contributed by atoms with van der Waals surface area (Å²) in [7, 11) is 3.02. The SMILES string of the molecule is Cn1c(=O)c2c(ncn2C[C@@H](O)Cn2c3ccccc3c3ccccc32)n(C)c1=O. The van der Waals surface area contributed by atoms with E-state index in [1.165, 1.54) is 17.9 Å². The third-order valence-electron chi connectivity index (χ3n) is 5.70. The molecule has 0 unspecified atom stereocenters. The lowest BCUT2D eigenvalue weighted by Crippen LogP contribution is -2.38. The molecule has 5 rings (SSSR count). The highest BCUT2D eigenvalue weighted by molar-refractivity contribution is 6.07. The van der Waals surface area contributed by atoms with Crippen molar-refractivity contribution < 1.29 is 5.11 Å². The van der Waals surface area contributed by atoms with Crippen LogP contribution in [0.3, 0.4) is 0 Å². The lowest BCUT2D eigenvalue weighted by molar-refractivity contribution is 0.138. The highest BCUT2D eigenvalue weighted by Crippen LogP contribution is 2.29. The number of benzene rings is 2. The summed E-state index contributed by atoms with van der Waals surface area (Å²) in [6, 6.07) is 16.2. The standard InChI is InChI=1S/C22H21N5O3/c1-24-20-19(21(29)25(2)22(24)30)26(13-23-20)11-14(28)12-27-17-9-5-3-7-15(17)16-8-4-6-10-18(16)27/h3-10,13-14,28H,11-12H2,1-2H3/t14-/m1/s1. The Morgan fingerprint density at radius 2 is 1.50 bits per heavy atom. The van der Waals surface area contributed by atoms with E-state index < -0.39 is 17.4 Å². The van der Waals surface area contributed by atoms with Gasteiger partial charge in [-0.25, -0.2) is 9.78 Å². The molecular formula is C22H21N5O3. The smallest absolute Gasteiger partial charge is 0.332 e. The van der Waals surface area contributed by atoms with Gasteiger partial charge in [-0.2, -0.15) is 0 Å². The molecule has 0 saturated heterocycles. The molecule has 0 amide bonds. The van der Waals surface area contributed by atoms with Gasteiger partial charge < -0.3 is 14.2 Å². The summed E-state index contributed by atoms with van der Waals surface area (Å²) in [5.74, 6) is 0. The van der Waals surface area contributed by atoms with Gasteiger partial charge in [-0.1, -0.05) is 36.4 Å². The minimum atomic E-state index is -0.761. The predicted molar refractivity (Wildman–Crippen MR) is 116 cm³/mol. The molecular weight excluding hydrogens is 382 g/mol. The van der Waals surface area contributed by atoms with Gasteiger partial charge in [0.05, 0.1) is 25.5 Å². The summed E-state index contributed by atoms with van der Waals surface area (Å²) < 4.78 is 6.12. The molecule has 0 aliphatic heterocycles. The molecule has 8 nitrogen and oxygen atoms in total. The molecule has 1 atom stereocenters. The minimum Gasteiger partial charge on any atom is -0.389 e. The van der Waals surface area contributed by atoms with E-state index in [1.807, 2.05) is 36.4 Å². The Kier molecular flexibility index (Phi) is 4.11. The van der Waals surface area contributed by atoms with Crippen LogP contribution < -0.4 is 11.2 Å². The molecule has 0 aliphatic rings. The quantitative estimate of drug-likeness (QED) is 0.494. The van der Waals surface area contributed by atoms with Crippen molar-refractivity contribution >= 4 is 33.0 Å².